The van der Waals surface area contributed by atoms with E-state index in [2.05, 4.69) is 5.10 Å². The summed E-state index contributed by atoms with van der Waals surface area (Å²) in [4.78, 5) is 23.5. The van der Waals surface area contributed by atoms with Gasteiger partial charge in [-0.15, -0.1) is 0 Å². The van der Waals surface area contributed by atoms with Crippen molar-refractivity contribution >= 4 is 34.3 Å². The molecule has 0 bridgehead atoms. The summed E-state index contributed by atoms with van der Waals surface area (Å²) in [5, 5.41) is 7.39. The number of amides is 2. The quantitative estimate of drug-likeness (QED) is 0.529. The zero-order valence-corrected chi connectivity index (χ0v) is 19.7. The number of hydrogen-bond acceptors (Lipinski definition) is 6. The minimum absolute atomic E-state index is 0.00707. The number of hydrazone groups is 1. The van der Waals surface area contributed by atoms with E-state index in [-0.39, 0.29) is 23.6 Å². The van der Waals surface area contributed by atoms with E-state index in [1.165, 1.54) is 29.3 Å². The number of methoxy groups -OCH3 is 1. The Hall–Kier alpha value is -3.21. The number of hydrogen-bond donors (Lipinski definition) is 1. The minimum atomic E-state index is -4.97. The van der Waals surface area contributed by atoms with Crippen LogP contribution in [0.4, 0.5) is 23.7 Å². The van der Waals surface area contributed by atoms with Crippen LogP contribution in [0, 0.1) is 0 Å². The Bertz CT molecular complexity index is 1120. The van der Waals surface area contributed by atoms with Gasteiger partial charge in [-0.05, 0) is 61.6 Å². The van der Waals surface area contributed by atoms with Crippen molar-refractivity contribution in [1.82, 2.24) is 5.01 Å². The maximum Gasteiger partial charge on any atom is 0.471 e. The Morgan fingerprint density at radius 1 is 1.14 bits per heavy atom. The molecule has 2 aromatic carbocycles. The molecule has 1 heterocycles. The van der Waals surface area contributed by atoms with E-state index < -0.39 is 12.1 Å². The monoisotopic (exact) mass is 507 g/mol. The van der Waals surface area contributed by atoms with Crippen LogP contribution in [0.15, 0.2) is 47.6 Å². The summed E-state index contributed by atoms with van der Waals surface area (Å²) in [5.74, 6) is -0.370. The standard InChI is InChI=1S/C24H24F3N3O4S/c1-33-20-11-8-16(12-21(20)34-18-4-2-3-5-18)19-14-35-23(32)30(29-19)13-15-6-9-17(10-7-15)28-22(31)24(25,26)27/h6-12,18H,2-5,13-14H2,1H3,(H,28,31). The van der Waals surface area contributed by atoms with Crippen LogP contribution in [0.2, 0.25) is 0 Å². The molecule has 1 saturated carbocycles. The molecule has 2 amide bonds. The molecule has 0 unspecified atom stereocenters. The van der Waals surface area contributed by atoms with Crippen molar-refractivity contribution in [3.05, 3.63) is 53.6 Å². The topological polar surface area (TPSA) is 80.2 Å². The molecule has 35 heavy (non-hydrogen) atoms. The molecule has 4 rings (SSSR count). The number of thioether (sulfide) groups is 1. The molecule has 2 aliphatic rings. The molecule has 2 aromatic rings. The second-order valence-electron chi connectivity index (χ2n) is 8.20. The number of carbonyl (C=O) groups excluding carboxylic acids is 2. The van der Waals surface area contributed by atoms with Crippen molar-refractivity contribution in [2.75, 3.05) is 18.2 Å². The van der Waals surface area contributed by atoms with Crippen molar-refractivity contribution in [2.24, 2.45) is 5.10 Å². The number of anilines is 1. The fourth-order valence-electron chi connectivity index (χ4n) is 3.86. The van der Waals surface area contributed by atoms with Gasteiger partial charge in [0.05, 0.1) is 25.5 Å². The van der Waals surface area contributed by atoms with Gasteiger partial charge in [-0.3, -0.25) is 9.59 Å². The summed E-state index contributed by atoms with van der Waals surface area (Å²) in [6, 6.07) is 11.3. The molecule has 7 nitrogen and oxygen atoms in total. The van der Waals surface area contributed by atoms with Crippen molar-refractivity contribution in [3.63, 3.8) is 0 Å². The number of carbonyl (C=O) groups is 2. The van der Waals surface area contributed by atoms with Crippen molar-refractivity contribution in [2.45, 2.75) is 44.5 Å². The number of halogens is 3. The van der Waals surface area contributed by atoms with Gasteiger partial charge in [0.25, 0.3) is 0 Å². The van der Waals surface area contributed by atoms with Crippen LogP contribution in [-0.4, -0.2) is 47.0 Å². The highest BCUT2D eigenvalue weighted by molar-refractivity contribution is 8.14. The van der Waals surface area contributed by atoms with Gasteiger partial charge in [-0.2, -0.15) is 18.3 Å². The third kappa shape index (κ3) is 6.27. The van der Waals surface area contributed by atoms with Gasteiger partial charge in [0.1, 0.15) is 0 Å². The van der Waals surface area contributed by atoms with Gasteiger partial charge in [0.2, 0.25) is 0 Å². The Morgan fingerprint density at radius 3 is 2.51 bits per heavy atom. The molecular formula is C24H24F3N3O4S. The fraction of sp³-hybridized carbons (Fsp3) is 0.375. The molecule has 1 fully saturated rings. The van der Waals surface area contributed by atoms with Crippen LogP contribution in [0.3, 0.4) is 0 Å². The number of ether oxygens (including phenoxy) is 2. The summed E-state index contributed by atoms with van der Waals surface area (Å²) in [6.07, 6.45) is -0.518. The lowest BCUT2D eigenvalue weighted by Crippen LogP contribution is -2.30. The van der Waals surface area contributed by atoms with Gasteiger partial charge < -0.3 is 14.8 Å². The first-order chi connectivity index (χ1) is 16.7. The van der Waals surface area contributed by atoms with Crippen molar-refractivity contribution in [3.8, 4) is 11.5 Å². The molecule has 0 atom stereocenters. The summed E-state index contributed by atoms with van der Waals surface area (Å²) >= 11 is 1.11. The molecule has 11 heteroatoms. The number of alkyl halides is 3. The lowest BCUT2D eigenvalue weighted by atomic mass is 10.1. The number of rotatable bonds is 7. The van der Waals surface area contributed by atoms with E-state index in [0.29, 0.717) is 28.5 Å². The maximum absolute atomic E-state index is 12.5. The van der Waals surface area contributed by atoms with Crippen molar-refractivity contribution in [1.29, 1.82) is 0 Å². The first kappa shape index (κ1) is 24.9. The highest BCUT2D eigenvalue weighted by atomic mass is 32.2. The third-order valence-electron chi connectivity index (χ3n) is 5.68. The summed E-state index contributed by atoms with van der Waals surface area (Å²) < 4.78 is 48.9. The molecule has 0 aromatic heterocycles. The minimum Gasteiger partial charge on any atom is -0.493 e. The van der Waals surface area contributed by atoms with Crippen molar-refractivity contribution < 1.29 is 32.2 Å². The highest BCUT2D eigenvalue weighted by Gasteiger charge is 2.38. The van der Waals surface area contributed by atoms with Gasteiger partial charge in [0, 0.05) is 17.0 Å². The zero-order valence-electron chi connectivity index (χ0n) is 18.9. The van der Waals surface area contributed by atoms with Gasteiger partial charge >= 0.3 is 17.3 Å². The van der Waals surface area contributed by atoms with E-state index in [9.17, 15) is 22.8 Å². The Kier molecular flexibility index (Phi) is 7.54. The average Bonchev–Trinajstić information content (AvgIpc) is 3.34. The van der Waals surface area contributed by atoms with Crippen LogP contribution >= 0.6 is 11.8 Å². The molecule has 0 radical (unpaired) electrons. The summed E-state index contributed by atoms with van der Waals surface area (Å²) in [5.41, 5.74) is 2.16. The molecular weight excluding hydrogens is 483 g/mol. The van der Waals surface area contributed by atoms with Crippen LogP contribution in [0.5, 0.6) is 11.5 Å². The number of nitrogens with one attached hydrogen (secondary N) is 1. The Balaban J connectivity index is 1.48. The predicted molar refractivity (Wildman–Crippen MR) is 127 cm³/mol. The van der Waals surface area contributed by atoms with E-state index in [1.54, 1.807) is 12.4 Å². The Labute approximate surface area is 204 Å². The first-order valence-corrected chi connectivity index (χ1v) is 12.1. The van der Waals surface area contributed by atoms with E-state index in [4.69, 9.17) is 9.47 Å². The summed E-state index contributed by atoms with van der Waals surface area (Å²) in [7, 11) is 1.59. The average molecular weight is 508 g/mol. The van der Waals surface area contributed by atoms with E-state index >= 15 is 0 Å². The molecule has 1 N–H and O–H groups in total. The second-order valence-corrected chi connectivity index (χ2v) is 9.12. The maximum atomic E-state index is 12.5. The molecule has 0 saturated heterocycles. The molecule has 1 aliphatic heterocycles. The summed E-state index contributed by atoms with van der Waals surface area (Å²) in [6.45, 7) is 0.129. The van der Waals surface area contributed by atoms with Gasteiger partial charge in [-0.1, -0.05) is 23.9 Å². The lowest BCUT2D eigenvalue weighted by Gasteiger charge is -2.24. The van der Waals surface area contributed by atoms with Crippen LogP contribution in [0.1, 0.15) is 36.8 Å². The highest BCUT2D eigenvalue weighted by Crippen LogP contribution is 2.33. The van der Waals surface area contributed by atoms with Crippen LogP contribution in [0.25, 0.3) is 0 Å². The fourth-order valence-corrected chi connectivity index (χ4v) is 4.60. The number of benzene rings is 2. The Morgan fingerprint density at radius 2 is 1.86 bits per heavy atom. The second kappa shape index (κ2) is 10.6. The predicted octanol–water partition coefficient (Wildman–Crippen LogP) is 5.59. The first-order valence-electron chi connectivity index (χ1n) is 11.1. The normalized spacial score (nSPS) is 16.7. The molecule has 1 aliphatic carbocycles. The van der Waals surface area contributed by atoms with E-state index in [0.717, 1.165) is 43.0 Å². The van der Waals surface area contributed by atoms with E-state index in [1.807, 2.05) is 18.2 Å². The van der Waals surface area contributed by atoms with Gasteiger partial charge in [0.15, 0.2) is 11.5 Å². The largest absolute Gasteiger partial charge is 0.493 e. The molecule has 0 spiro atoms. The SMILES string of the molecule is COc1ccc(C2=NN(Cc3ccc(NC(=O)C(F)(F)F)cc3)C(=O)SC2)cc1OC1CCCC1. The number of nitrogens with zero attached hydrogens (tertiary/aromatic N) is 2. The zero-order chi connectivity index (χ0) is 25.0. The smallest absolute Gasteiger partial charge is 0.471 e. The van der Waals surface area contributed by atoms with Crippen LogP contribution in [-0.2, 0) is 11.3 Å². The third-order valence-corrected chi connectivity index (χ3v) is 6.55. The molecule has 186 valence electrons. The lowest BCUT2D eigenvalue weighted by molar-refractivity contribution is -0.167. The van der Waals surface area contributed by atoms with Gasteiger partial charge in [-0.25, -0.2) is 5.01 Å². The van der Waals surface area contributed by atoms with Crippen LogP contribution < -0.4 is 14.8 Å².